The van der Waals surface area contributed by atoms with E-state index in [1.54, 1.807) is 7.11 Å². The van der Waals surface area contributed by atoms with Crippen molar-refractivity contribution in [2.24, 2.45) is 10.7 Å². The smallest absolute Gasteiger partial charge is 0.192 e. The zero-order valence-electron chi connectivity index (χ0n) is 11.3. The van der Waals surface area contributed by atoms with Gasteiger partial charge in [0.25, 0.3) is 0 Å². The Morgan fingerprint density at radius 3 is 2.67 bits per heavy atom. The van der Waals surface area contributed by atoms with Gasteiger partial charge in [-0.05, 0) is 19.4 Å². The Kier molecular flexibility index (Phi) is 3.57. The van der Waals surface area contributed by atoms with Gasteiger partial charge >= 0.3 is 0 Å². The van der Waals surface area contributed by atoms with E-state index in [-0.39, 0.29) is 5.54 Å². The van der Waals surface area contributed by atoms with Crippen LogP contribution in [0, 0.1) is 6.92 Å². The van der Waals surface area contributed by atoms with Crippen LogP contribution in [0.25, 0.3) is 0 Å². The van der Waals surface area contributed by atoms with Crippen LogP contribution in [0.15, 0.2) is 29.3 Å². The summed E-state index contributed by atoms with van der Waals surface area (Å²) >= 11 is 0. The summed E-state index contributed by atoms with van der Waals surface area (Å²) in [6, 6.07) is 8.57. The molecule has 1 aliphatic rings. The lowest BCUT2D eigenvalue weighted by Gasteiger charge is -2.36. The first kappa shape index (κ1) is 12.9. The van der Waals surface area contributed by atoms with Crippen molar-refractivity contribution < 1.29 is 4.74 Å². The average molecular weight is 247 g/mol. The third-order valence-corrected chi connectivity index (χ3v) is 3.61. The lowest BCUT2D eigenvalue weighted by atomic mass is 9.90. The fourth-order valence-corrected chi connectivity index (χ4v) is 2.36. The van der Waals surface area contributed by atoms with E-state index >= 15 is 0 Å². The molecule has 98 valence electrons. The summed E-state index contributed by atoms with van der Waals surface area (Å²) in [5.74, 6) is 0.607. The molecule has 0 radical (unpaired) electrons. The number of nitrogens with zero attached hydrogens (tertiary/aromatic N) is 2. The molecule has 4 heteroatoms. The minimum Gasteiger partial charge on any atom is -0.383 e. The Hall–Kier alpha value is -1.55. The molecule has 0 spiro atoms. The van der Waals surface area contributed by atoms with Gasteiger partial charge in [0, 0.05) is 13.7 Å². The van der Waals surface area contributed by atoms with Gasteiger partial charge in [-0.3, -0.25) is 4.99 Å². The van der Waals surface area contributed by atoms with Crippen LogP contribution in [0.2, 0.25) is 0 Å². The van der Waals surface area contributed by atoms with Gasteiger partial charge in [0.2, 0.25) is 0 Å². The van der Waals surface area contributed by atoms with Crippen molar-refractivity contribution in [3.63, 3.8) is 0 Å². The molecule has 1 heterocycles. The predicted octanol–water partition coefficient (Wildman–Crippen LogP) is 1.49. The minimum atomic E-state index is -0.156. The number of hydrogen-bond acceptors (Lipinski definition) is 4. The monoisotopic (exact) mass is 247 g/mol. The quantitative estimate of drug-likeness (QED) is 0.877. The van der Waals surface area contributed by atoms with Crippen molar-refractivity contribution in [1.82, 2.24) is 4.90 Å². The van der Waals surface area contributed by atoms with Gasteiger partial charge in [-0.25, -0.2) is 0 Å². The molecule has 0 fully saturated rings. The fourth-order valence-electron chi connectivity index (χ4n) is 2.36. The maximum absolute atomic E-state index is 5.98. The van der Waals surface area contributed by atoms with Crippen molar-refractivity contribution in [3.8, 4) is 0 Å². The van der Waals surface area contributed by atoms with Crippen LogP contribution in [0.1, 0.15) is 18.1 Å². The summed E-state index contributed by atoms with van der Waals surface area (Å²) < 4.78 is 5.15. The van der Waals surface area contributed by atoms with E-state index in [2.05, 4.69) is 48.0 Å². The van der Waals surface area contributed by atoms with Gasteiger partial charge in [-0.15, -0.1) is 0 Å². The number of ether oxygens (including phenoxy) is 1. The van der Waals surface area contributed by atoms with Crippen LogP contribution in [0.3, 0.4) is 0 Å². The normalized spacial score (nSPS) is 23.3. The van der Waals surface area contributed by atoms with Crippen LogP contribution in [0.4, 0.5) is 0 Å². The molecule has 1 aromatic rings. The molecule has 0 amide bonds. The molecule has 1 aromatic carbocycles. The van der Waals surface area contributed by atoms with E-state index in [4.69, 9.17) is 10.5 Å². The predicted molar refractivity (Wildman–Crippen MR) is 73.6 cm³/mol. The second-order valence-electron chi connectivity index (χ2n) is 4.96. The second-order valence-corrected chi connectivity index (χ2v) is 4.96. The molecule has 0 saturated carbocycles. The van der Waals surface area contributed by atoms with Gasteiger partial charge < -0.3 is 15.4 Å². The van der Waals surface area contributed by atoms with Crippen molar-refractivity contribution in [2.45, 2.75) is 19.4 Å². The van der Waals surface area contributed by atoms with Crippen LogP contribution < -0.4 is 5.73 Å². The SMILES string of the molecule is COCCN1C(N)=NCC1(C)c1ccc(C)cc1. The molecular weight excluding hydrogens is 226 g/mol. The fraction of sp³-hybridized carbons (Fsp3) is 0.500. The molecule has 2 rings (SSSR count). The standard InChI is InChI=1S/C14H21N3O/c1-11-4-6-12(7-5-11)14(2)10-16-13(15)17(14)8-9-18-3/h4-7H,8-10H2,1-3H3,(H2,15,16). The molecule has 18 heavy (non-hydrogen) atoms. The third kappa shape index (κ3) is 2.20. The zero-order valence-corrected chi connectivity index (χ0v) is 11.3. The minimum absolute atomic E-state index is 0.156. The first-order valence-corrected chi connectivity index (χ1v) is 6.21. The Labute approximate surface area is 108 Å². The first-order valence-electron chi connectivity index (χ1n) is 6.21. The Bertz CT molecular complexity index is 441. The molecule has 4 nitrogen and oxygen atoms in total. The molecule has 1 aliphatic heterocycles. The molecule has 2 N–H and O–H groups in total. The summed E-state index contributed by atoms with van der Waals surface area (Å²) in [6.07, 6.45) is 0. The van der Waals surface area contributed by atoms with Crippen molar-refractivity contribution in [1.29, 1.82) is 0 Å². The van der Waals surface area contributed by atoms with E-state index in [0.29, 0.717) is 19.1 Å². The summed E-state index contributed by atoms with van der Waals surface area (Å²) in [5, 5.41) is 0. The Morgan fingerprint density at radius 2 is 2.06 bits per heavy atom. The van der Waals surface area contributed by atoms with Gasteiger partial charge in [0.1, 0.15) is 0 Å². The van der Waals surface area contributed by atoms with E-state index in [0.717, 1.165) is 6.54 Å². The number of aliphatic imine (C=N–C) groups is 1. The summed E-state index contributed by atoms with van der Waals surface area (Å²) in [5.41, 5.74) is 8.33. The van der Waals surface area contributed by atoms with E-state index in [1.807, 2.05) is 0 Å². The highest BCUT2D eigenvalue weighted by Gasteiger charge is 2.39. The molecule has 0 saturated heterocycles. The molecule has 1 atom stereocenters. The second kappa shape index (κ2) is 4.98. The first-order chi connectivity index (χ1) is 8.58. The van der Waals surface area contributed by atoms with Gasteiger partial charge in [-0.1, -0.05) is 29.8 Å². The maximum atomic E-state index is 5.98. The van der Waals surface area contributed by atoms with E-state index in [1.165, 1.54) is 11.1 Å². The van der Waals surface area contributed by atoms with Crippen molar-refractivity contribution in [2.75, 3.05) is 26.8 Å². The number of hydrogen-bond donors (Lipinski definition) is 1. The summed E-state index contributed by atoms with van der Waals surface area (Å²) in [4.78, 5) is 6.51. The topological polar surface area (TPSA) is 50.9 Å². The number of rotatable bonds is 4. The molecule has 0 bridgehead atoms. The third-order valence-electron chi connectivity index (χ3n) is 3.61. The van der Waals surface area contributed by atoms with Crippen molar-refractivity contribution in [3.05, 3.63) is 35.4 Å². The van der Waals surface area contributed by atoms with E-state index in [9.17, 15) is 0 Å². The summed E-state index contributed by atoms with van der Waals surface area (Å²) in [6.45, 7) is 6.38. The largest absolute Gasteiger partial charge is 0.383 e. The zero-order chi connectivity index (χ0) is 13.2. The van der Waals surface area contributed by atoms with Gasteiger partial charge in [0.05, 0.1) is 18.7 Å². The molecule has 0 aliphatic carbocycles. The van der Waals surface area contributed by atoms with Crippen LogP contribution in [-0.2, 0) is 10.3 Å². The highest BCUT2D eigenvalue weighted by Crippen LogP contribution is 2.32. The van der Waals surface area contributed by atoms with Crippen LogP contribution in [0.5, 0.6) is 0 Å². The highest BCUT2D eigenvalue weighted by molar-refractivity contribution is 5.81. The number of aryl methyl sites for hydroxylation is 1. The lowest BCUT2D eigenvalue weighted by molar-refractivity contribution is 0.137. The van der Waals surface area contributed by atoms with Crippen LogP contribution >= 0.6 is 0 Å². The van der Waals surface area contributed by atoms with Gasteiger partial charge in [0.15, 0.2) is 5.96 Å². The lowest BCUT2D eigenvalue weighted by Crippen LogP contribution is -2.48. The van der Waals surface area contributed by atoms with Gasteiger partial charge in [-0.2, -0.15) is 0 Å². The molecular formula is C14H21N3O. The number of guanidine groups is 1. The number of nitrogens with two attached hydrogens (primary N) is 1. The van der Waals surface area contributed by atoms with E-state index < -0.39 is 0 Å². The Morgan fingerprint density at radius 1 is 1.39 bits per heavy atom. The summed E-state index contributed by atoms with van der Waals surface area (Å²) in [7, 11) is 1.70. The Balaban J connectivity index is 2.26. The molecule has 0 aromatic heterocycles. The number of methoxy groups -OCH3 is 1. The highest BCUT2D eigenvalue weighted by atomic mass is 16.5. The van der Waals surface area contributed by atoms with Crippen LogP contribution in [-0.4, -0.2) is 37.7 Å². The maximum Gasteiger partial charge on any atom is 0.192 e. The average Bonchev–Trinajstić information content (AvgIpc) is 2.65. The van der Waals surface area contributed by atoms with Crippen molar-refractivity contribution >= 4 is 5.96 Å². The molecule has 1 unspecified atom stereocenters. The number of benzene rings is 1.